The van der Waals surface area contributed by atoms with Crippen LogP contribution in [0.4, 0.5) is 0 Å². The van der Waals surface area contributed by atoms with Gasteiger partial charge in [-0.3, -0.25) is 9.89 Å². The van der Waals surface area contributed by atoms with Crippen molar-refractivity contribution in [2.45, 2.75) is 52.6 Å². The third-order valence-electron chi connectivity index (χ3n) is 4.90. The number of morpholine rings is 1. The lowest BCUT2D eigenvalue weighted by atomic mass is 10.1. The third kappa shape index (κ3) is 6.06. The minimum absolute atomic E-state index is 0.290. The lowest BCUT2D eigenvalue weighted by molar-refractivity contribution is -0.0705. The zero-order valence-corrected chi connectivity index (χ0v) is 18.2. The van der Waals surface area contributed by atoms with Gasteiger partial charge in [0.1, 0.15) is 0 Å². The van der Waals surface area contributed by atoms with E-state index in [4.69, 9.17) is 4.74 Å². The van der Waals surface area contributed by atoms with Crippen LogP contribution in [0.1, 0.15) is 34.7 Å². The summed E-state index contributed by atoms with van der Waals surface area (Å²) in [5.74, 6) is 0.828. The zero-order chi connectivity index (χ0) is 19.9. The normalized spacial score (nSPS) is 20.9. The summed E-state index contributed by atoms with van der Waals surface area (Å²) >= 11 is 1.82. The first-order valence-corrected chi connectivity index (χ1v) is 10.8. The Morgan fingerprint density at radius 1 is 1.07 bits per heavy atom. The minimum atomic E-state index is 0.290. The van der Waals surface area contributed by atoms with Gasteiger partial charge in [0.15, 0.2) is 5.96 Å². The molecule has 2 atom stereocenters. The Balaban J connectivity index is 1.56. The molecule has 3 rings (SSSR count). The fourth-order valence-electron chi connectivity index (χ4n) is 3.69. The van der Waals surface area contributed by atoms with Crippen molar-refractivity contribution in [3.63, 3.8) is 0 Å². The number of ether oxygens (including phenoxy) is 1. The van der Waals surface area contributed by atoms with Gasteiger partial charge in [-0.1, -0.05) is 24.3 Å². The van der Waals surface area contributed by atoms with Gasteiger partial charge in [0.2, 0.25) is 0 Å². The fraction of sp³-hybridized carbons (Fsp3) is 0.500. The summed E-state index contributed by atoms with van der Waals surface area (Å²) in [5, 5.41) is 6.86. The molecule has 1 fully saturated rings. The predicted octanol–water partition coefficient (Wildman–Crippen LogP) is 3.53. The number of benzene rings is 1. The number of hydrogen-bond donors (Lipinski definition) is 2. The van der Waals surface area contributed by atoms with Crippen LogP contribution < -0.4 is 10.6 Å². The Hall–Kier alpha value is -1.89. The van der Waals surface area contributed by atoms with Crippen molar-refractivity contribution in [2.24, 2.45) is 4.99 Å². The van der Waals surface area contributed by atoms with Gasteiger partial charge < -0.3 is 15.4 Å². The summed E-state index contributed by atoms with van der Waals surface area (Å²) in [5.41, 5.74) is 2.67. The van der Waals surface area contributed by atoms with Crippen molar-refractivity contribution in [1.82, 2.24) is 15.5 Å². The molecule has 1 aliphatic rings. The molecule has 2 N–H and O–H groups in total. The lowest BCUT2D eigenvalue weighted by Gasteiger charge is -2.35. The van der Waals surface area contributed by atoms with Crippen molar-refractivity contribution in [3.05, 3.63) is 57.3 Å². The number of nitrogens with one attached hydrogen (secondary N) is 2. The Labute approximate surface area is 172 Å². The van der Waals surface area contributed by atoms with E-state index in [1.54, 1.807) is 0 Å². The van der Waals surface area contributed by atoms with Crippen LogP contribution in [0.25, 0.3) is 0 Å². The maximum Gasteiger partial charge on any atom is 0.191 e. The van der Waals surface area contributed by atoms with Crippen LogP contribution >= 0.6 is 11.3 Å². The molecule has 0 radical (unpaired) electrons. The highest BCUT2D eigenvalue weighted by atomic mass is 32.1. The van der Waals surface area contributed by atoms with Crippen molar-refractivity contribution in [2.75, 3.05) is 20.1 Å². The topological polar surface area (TPSA) is 48.9 Å². The highest BCUT2D eigenvalue weighted by Crippen LogP contribution is 2.17. The van der Waals surface area contributed by atoms with E-state index >= 15 is 0 Å². The van der Waals surface area contributed by atoms with Gasteiger partial charge in [-0.25, -0.2) is 0 Å². The van der Waals surface area contributed by atoms with E-state index in [9.17, 15) is 0 Å². The smallest absolute Gasteiger partial charge is 0.191 e. The standard InChI is InChI=1S/C22H32N4OS/c1-16-13-26(14-17(2)27-16)15-20-8-6-5-7-19(20)11-24-22(23-4)25-12-21-10-9-18(3)28-21/h5-10,16-17H,11-15H2,1-4H3,(H2,23,24,25). The average Bonchev–Trinajstić information content (AvgIpc) is 3.07. The van der Waals surface area contributed by atoms with Crippen molar-refractivity contribution < 1.29 is 4.74 Å². The SMILES string of the molecule is CN=C(NCc1ccc(C)s1)NCc1ccccc1CN1CC(C)OC(C)C1. The number of rotatable bonds is 6. The summed E-state index contributed by atoms with van der Waals surface area (Å²) in [6.07, 6.45) is 0.580. The molecule has 2 unspecified atom stereocenters. The molecule has 1 saturated heterocycles. The van der Waals surface area contributed by atoms with Gasteiger partial charge in [0.05, 0.1) is 18.8 Å². The maximum absolute atomic E-state index is 5.87. The van der Waals surface area contributed by atoms with E-state index in [1.807, 2.05) is 18.4 Å². The first kappa shape index (κ1) is 20.8. The van der Waals surface area contributed by atoms with Gasteiger partial charge >= 0.3 is 0 Å². The molecule has 28 heavy (non-hydrogen) atoms. The summed E-state index contributed by atoms with van der Waals surface area (Å²) in [6.45, 7) is 10.9. The Morgan fingerprint density at radius 2 is 1.75 bits per heavy atom. The summed E-state index contributed by atoms with van der Waals surface area (Å²) in [4.78, 5) is 9.50. The van der Waals surface area contributed by atoms with E-state index in [0.29, 0.717) is 0 Å². The molecule has 152 valence electrons. The van der Waals surface area contributed by atoms with Crippen molar-refractivity contribution >= 4 is 17.3 Å². The summed E-state index contributed by atoms with van der Waals surface area (Å²) in [7, 11) is 1.82. The number of nitrogens with zero attached hydrogens (tertiary/aromatic N) is 2. The van der Waals surface area contributed by atoms with Crippen LogP contribution in [0.3, 0.4) is 0 Å². The first-order valence-electron chi connectivity index (χ1n) is 9.98. The van der Waals surface area contributed by atoms with Crippen LogP contribution in [0.15, 0.2) is 41.4 Å². The van der Waals surface area contributed by atoms with Crippen molar-refractivity contribution in [3.8, 4) is 0 Å². The Morgan fingerprint density at radius 3 is 2.39 bits per heavy atom. The second-order valence-electron chi connectivity index (χ2n) is 7.51. The molecule has 0 saturated carbocycles. The number of aryl methyl sites for hydroxylation is 1. The van der Waals surface area contributed by atoms with Gasteiger partial charge in [-0.05, 0) is 44.0 Å². The molecule has 2 aromatic rings. The van der Waals surface area contributed by atoms with Crippen LogP contribution in [0, 0.1) is 6.92 Å². The quantitative estimate of drug-likeness (QED) is 0.575. The molecule has 1 aromatic carbocycles. The van der Waals surface area contributed by atoms with E-state index in [-0.39, 0.29) is 12.2 Å². The van der Waals surface area contributed by atoms with Gasteiger partial charge in [-0.15, -0.1) is 11.3 Å². The van der Waals surface area contributed by atoms with Crippen LogP contribution in [0.2, 0.25) is 0 Å². The first-order chi connectivity index (χ1) is 13.5. The molecule has 2 heterocycles. The van der Waals surface area contributed by atoms with Crippen LogP contribution in [-0.4, -0.2) is 43.2 Å². The molecule has 0 amide bonds. The van der Waals surface area contributed by atoms with E-state index < -0.39 is 0 Å². The summed E-state index contributed by atoms with van der Waals surface area (Å²) in [6, 6.07) is 13.0. The number of thiophene rings is 1. The Kier molecular flexibility index (Phi) is 7.48. The molecule has 1 aromatic heterocycles. The summed E-state index contributed by atoms with van der Waals surface area (Å²) < 4.78 is 5.87. The number of hydrogen-bond acceptors (Lipinski definition) is 4. The van der Waals surface area contributed by atoms with Gasteiger partial charge in [-0.2, -0.15) is 0 Å². The van der Waals surface area contributed by atoms with Gasteiger partial charge in [0, 0.05) is 43.0 Å². The monoisotopic (exact) mass is 400 g/mol. The number of aliphatic imine (C=N–C) groups is 1. The molecule has 0 aliphatic carbocycles. The average molecular weight is 401 g/mol. The molecule has 0 spiro atoms. The molecule has 0 bridgehead atoms. The molecular formula is C22H32N4OS. The number of guanidine groups is 1. The Bertz CT molecular complexity index is 778. The highest BCUT2D eigenvalue weighted by Gasteiger charge is 2.22. The predicted molar refractivity (Wildman–Crippen MR) is 118 cm³/mol. The van der Waals surface area contributed by atoms with Crippen molar-refractivity contribution in [1.29, 1.82) is 0 Å². The molecular weight excluding hydrogens is 368 g/mol. The van der Waals surface area contributed by atoms with Crippen LogP contribution in [-0.2, 0) is 24.4 Å². The highest BCUT2D eigenvalue weighted by molar-refractivity contribution is 7.11. The van der Waals surface area contributed by atoms with E-state index in [2.05, 4.69) is 77.7 Å². The molecule has 5 nitrogen and oxygen atoms in total. The van der Waals surface area contributed by atoms with E-state index in [1.165, 1.54) is 20.9 Å². The fourth-order valence-corrected chi connectivity index (χ4v) is 4.52. The second kappa shape index (κ2) is 10.0. The molecule has 6 heteroatoms. The zero-order valence-electron chi connectivity index (χ0n) is 17.4. The minimum Gasteiger partial charge on any atom is -0.373 e. The van der Waals surface area contributed by atoms with Crippen LogP contribution in [0.5, 0.6) is 0 Å². The largest absolute Gasteiger partial charge is 0.373 e. The second-order valence-corrected chi connectivity index (χ2v) is 8.88. The van der Waals surface area contributed by atoms with E-state index in [0.717, 1.165) is 38.7 Å². The lowest BCUT2D eigenvalue weighted by Crippen LogP contribution is -2.45. The van der Waals surface area contributed by atoms with Gasteiger partial charge in [0.25, 0.3) is 0 Å². The maximum atomic E-state index is 5.87. The molecule has 1 aliphatic heterocycles. The third-order valence-corrected chi connectivity index (χ3v) is 5.90.